The second-order valence-corrected chi connectivity index (χ2v) is 1.57. The van der Waals surface area contributed by atoms with Gasteiger partial charge in [0, 0.05) is 74.2 Å². The molecule has 0 amide bonds. The summed E-state index contributed by atoms with van der Waals surface area (Å²) in [7, 11) is 0. The number of hydrogen-bond donors (Lipinski definition) is 0. The van der Waals surface area contributed by atoms with Crippen molar-refractivity contribution in [1.82, 2.24) is 0 Å². The van der Waals surface area contributed by atoms with Crippen LogP contribution >= 0.6 is 32.5 Å². The molecule has 5 heteroatoms. The van der Waals surface area contributed by atoms with E-state index in [9.17, 15) is 0 Å². The first kappa shape index (κ1) is 15.8. The minimum atomic E-state index is 0. The predicted octanol–water partition coefficient (Wildman–Crippen LogP) is 1.62. The summed E-state index contributed by atoms with van der Waals surface area (Å²) in [6, 6.07) is 0. The molecule has 0 fully saturated rings. The monoisotopic (exact) mass is 472 g/mol. The summed E-state index contributed by atoms with van der Waals surface area (Å²) in [4.78, 5) is 0. The molecule has 0 heterocycles. The van der Waals surface area contributed by atoms with Crippen molar-refractivity contribution in [2.45, 2.75) is 0 Å². The van der Waals surface area contributed by atoms with Crippen LogP contribution in [-0.2, 0) is 2.92 Å². The average molecular weight is 474 g/mol. The molecule has 0 aromatic heterocycles. The van der Waals surface area contributed by atoms with E-state index in [4.69, 9.17) is 0 Å². The van der Waals surface area contributed by atoms with Gasteiger partial charge in [-0.2, -0.15) is 0 Å². The third-order valence-electron chi connectivity index (χ3n) is 0. The van der Waals surface area contributed by atoms with Crippen molar-refractivity contribution >= 4 is 32.5 Å². The molecule has 0 spiro atoms. The second-order valence-electron chi connectivity index (χ2n) is 0.0583. The zero-order valence-corrected chi connectivity index (χ0v) is 11.0. The maximum atomic E-state index is 3.88. The van der Waals surface area contributed by atoms with Gasteiger partial charge in [0.2, 0.25) is 0 Å². The SMILES string of the molecule is BrOBr.[La].[Tb]. The van der Waals surface area contributed by atoms with E-state index in [-0.39, 0.29) is 74.2 Å². The maximum Gasteiger partial charge on any atom is 0.115 e. The third-order valence-corrected chi connectivity index (χ3v) is 0. The van der Waals surface area contributed by atoms with E-state index in [2.05, 4.69) is 35.4 Å². The Morgan fingerprint density at radius 2 is 1.20 bits per heavy atom. The van der Waals surface area contributed by atoms with Gasteiger partial charge in [0.05, 0.1) is 0 Å². The van der Waals surface area contributed by atoms with Crippen molar-refractivity contribution in [2.75, 3.05) is 0 Å². The first-order valence-corrected chi connectivity index (χ1v) is 1.60. The topological polar surface area (TPSA) is 9.23 Å². The standard InChI is InChI=1S/Br2O.La.Tb/c1-3-2;;. The normalized spacial score (nSPS) is 3.60. The molecule has 0 rings (SSSR count). The van der Waals surface area contributed by atoms with E-state index in [0.29, 0.717) is 0 Å². The van der Waals surface area contributed by atoms with Gasteiger partial charge in [-0.3, -0.25) is 0 Å². The van der Waals surface area contributed by atoms with Crippen molar-refractivity contribution in [3.05, 3.63) is 0 Å². The van der Waals surface area contributed by atoms with Gasteiger partial charge < -0.3 is 0 Å². The van der Waals surface area contributed by atoms with Crippen LogP contribution in [0.15, 0.2) is 0 Å². The molecule has 5 heavy (non-hydrogen) atoms. The van der Waals surface area contributed by atoms with E-state index >= 15 is 0 Å². The quantitative estimate of drug-likeness (QED) is 0.520. The largest absolute Gasteiger partial charge is 0.230 e. The van der Waals surface area contributed by atoms with Gasteiger partial charge in [0.1, 0.15) is 32.5 Å². The first-order valence-electron chi connectivity index (χ1n) is 0.309. The average Bonchev–Trinajstić information content (AvgIpc) is 0.918. The number of hydrogen-bond acceptors (Lipinski definition) is 1. The van der Waals surface area contributed by atoms with Crippen molar-refractivity contribution in [1.29, 1.82) is 0 Å². The Morgan fingerprint density at radius 1 is 1.20 bits per heavy atom. The predicted molar refractivity (Wildman–Crippen MR) is 18.9 cm³/mol. The maximum absolute atomic E-state index is 3.88. The Balaban J connectivity index is -0.0000000200. The number of halogens is 2. The molecule has 0 aliphatic rings. The van der Waals surface area contributed by atoms with E-state index in [1.165, 1.54) is 0 Å². The van der Waals surface area contributed by atoms with Crippen LogP contribution in [0.5, 0.6) is 0 Å². The molecule has 0 aliphatic heterocycles. The molecule has 0 saturated carbocycles. The fraction of sp³-hybridized carbons (Fsp3) is 0. The molecule has 0 aromatic carbocycles. The molecule has 2 radical (unpaired) electrons. The van der Waals surface area contributed by atoms with Gasteiger partial charge in [-0.1, -0.05) is 0 Å². The molecule has 1 nitrogen and oxygen atoms in total. The fourth-order valence-electron chi connectivity index (χ4n) is 0. The van der Waals surface area contributed by atoms with E-state index in [1.54, 1.807) is 0 Å². The van der Waals surface area contributed by atoms with Crippen molar-refractivity contribution in [3.8, 4) is 0 Å². The Bertz CT molecular complexity index is 9.61. The molecular formula is Br2LaOTb. The minimum absolute atomic E-state index is 0. The Hall–Kier alpha value is 3.40. The molecular weight excluding hydrogens is 474 g/mol. The van der Waals surface area contributed by atoms with Gasteiger partial charge in [-0.15, -0.1) is 0 Å². The molecule has 0 aliphatic carbocycles. The summed E-state index contributed by atoms with van der Waals surface area (Å²) >= 11 is 5.12. The molecule has 0 atom stereocenters. The zero-order valence-electron chi connectivity index (χ0n) is 2.07. The van der Waals surface area contributed by atoms with Crippen LogP contribution in [0.4, 0.5) is 0 Å². The molecule has 32 valence electrons. The van der Waals surface area contributed by atoms with Crippen LogP contribution in [0.2, 0.25) is 0 Å². The van der Waals surface area contributed by atoms with E-state index in [1.807, 2.05) is 0 Å². The molecule has 0 saturated heterocycles. The van der Waals surface area contributed by atoms with Gasteiger partial charge in [-0.05, 0) is 0 Å². The number of rotatable bonds is 0. The van der Waals surface area contributed by atoms with Crippen LogP contribution in [0.25, 0.3) is 0 Å². The van der Waals surface area contributed by atoms with Crippen molar-refractivity contribution in [3.63, 3.8) is 0 Å². The summed E-state index contributed by atoms with van der Waals surface area (Å²) < 4.78 is 3.88. The Labute approximate surface area is 107 Å². The van der Waals surface area contributed by atoms with Crippen molar-refractivity contribution in [2.24, 2.45) is 0 Å². The van der Waals surface area contributed by atoms with Gasteiger partial charge in [-0.25, -0.2) is 2.92 Å². The summed E-state index contributed by atoms with van der Waals surface area (Å²) in [5.41, 5.74) is 0. The van der Waals surface area contributed by atoms with Crippen LogP contribution in [-0.4, -0.2) is 0 Å². The van der Waals surface area contributed by atoms with E-state index < -0.39 is 0 Å². The zero-order chi connectivity index (χ0) is 2.71. The smallest absolute Gasteiger partial charge is 0.115 e. The summed E-state index contributed by atoms with van der Waals surface area (Å²) in [5, 5.41) is 0. The minimum Gasteiger partial charge on any atom is -0.230 e. The van der Waals surface area contributed by atoms with Gasteiger partial charge in [0.25, 0.3) is 0 Å². The molecule has 0 bridgehead atoms. The second kappa shape index (κ2) is 15.7. The fourth-order valence-corrected chi connectivity index (χ4v) is 0. The first-order chi connectivity index (χ1) is 1.41. The van der Waals surface area contributed by atoms with Crippen LogP contribution < -0.4 is 0 Å². The van der Waals surface area contributed by atoms with Gasteiger partial charge >= 0.3 is 0 Å². The van der Waals surface area contributed by atoms with Crippen LogP contribution in [0.3, 0.4) is 0 Å². The van der Waals surface area contributed by atoms with Crippen molar-refractivity contribution < 1.29 is 77.1 Å². The van der Waals surface area contributed by atoms with E-state index in [0.717, 1.165) is 0 Å². The molecule has 0 unspecified atom stereocenters. The molecule has 0 N–H and O–H groups in total. The van der Waals surface area contributed by atoms with Crippen LogP contribution in [0, 0.1) is 74.2 Å². The Kier molecular flexibility index (Phi) is 49.4. The summed E-state index contributed by atoms with van der Waals surface area (Å²) in [6.07, 6.45) is 0. The molecule has 0 aromatic rings. The summed E-state index contributed by atoms with van der Waals surface area (Å²) in [6.45, 7) is 0. The van der Waals surface area contributed by atoms with Crippen LogP contribution in [0.1, 0.15) is 0 Å². The van der Waals surface area contributed by atoms with Gasteiger partial charge in [0.15, 0.2) is 0 Å². The third kappa shape index (κ3) is 18.7. The Morgan fingerprint density at radius 3 is 1.20 bits per heavy atom. The summed E-state index contributed by atoms with van der Waals surface area (Å²) in [5.74, 6) is 0.